The maximum absolute atomic E-state index is 13.3. The third-order valence-electron chi connectivity index (χ3n) is 4.87. The van der Waals surface area contributed by atoms with Crippen molar-refractivity contribution in [1.29, 1.82) is 0 Å². The highest BCUT2D eigenvalue weighted by Gasteiger charge is 2.19. The van der Waals surface area contributed by atoms with Crippen LogP contribution in [-0.4, -0.2) is 25.1 Å². The van der Waals surface area contributed by atoms with Gasteiger partial charge in [-0.2, -0.15) is 5.10 Å². The van der Waals surface area contributed by atoms with Gasteiger partial charge in [-0.15, -0.1) is 11.3 Å². The smallest absolute Gasteiger partial charge is 0.268 e. The molecule has 0 radical (unpaired) electrons. The summed E-state index contributed by atoms with van der Waals surface area (Å²) in [7, 11) is 1.84. The second-order valence-electron chi connectivity index (χ2n) is 7.11. The van der Waals surface area contributed by atoms with Crippen molar-refractivity contribution in [3.63, 3.8) is 0 Å². The maximum Gasteiger partial charge on any atom is 0.268 e. The van der Waals surface area contributed by atoms with Gasteiger partial charge in [0.2, 0.25) is 5.91 Å². The van der Waals surface area contributed by atoms with Gasteiger partial charge in [0.15, 0.2) is 4.96 Å². The number of aryl methyl sites for hydroxylation is 4. The number of carbonyl (C=O) groups is 1. The van der Waals surface area contributed by atoms with Crippen LogP contribution in [0.3, 0.4) is 0 Å². The molecule has 0 aliphatic heterocycles. The predicted molar refractivity (Wildman–Crippen MR) is 115 cm³/mol. The number of rotatable bonds is 4. The largest absolute Gasteiger partial charge is 0.326 e. The summed E-state index contributed by atoms with van der Waals surface area (Å²) in [4.78, 5) is 31.0. The molecule has 0 aliphatic carbocycles. The first kappa shape index (κ1) is 19.1. The summed E-state index contributed by atoms with van der Waals surface area (Å²) >= 11 is 1.35. The fourth-order valence-electron chi connectivity index (χ4n) is 3.21. The first-order chi connectivity index (χ1) is 13.8. The van der Waals surface area contributed by atoms with Crippen LogP contribution in [0.25, 0.3) is 16.2 Å². The lowest BCUT2D eigenvalue weighted by Gasteiger charge is -2.07. The summed E-state index contributed by atoms with van der Waals surface area (Å²) < 4.78 is 3.25. The molecule has 148 valence electrons. The van der Waals surface area contributed by atoms with Crippen LogP contribution in [0.15, 0.2) is 40.5 Å². The van der Waals surface area contributed by atoms with Crippen LogP contribution in [0, 0.1) is 20.8 Å². The van der Waals surface area contributed by atoms with Crippen molar-refractivity contribution in [3.8, 4) is 11.3 Å². The van der Waals surface area contributed by atoms with Crippen molar-refractivity contribution < 1.29 is 4.79 Å². The zero-order chi connectivity index (χ0) is 20.7. The Morgan fingerprint density at radius 3 is 2.55 bits per heavy atom. The maximum atomic E-state index is 13.3. The molecule has 8 heteroatoms. The Balaban J connectivity index is 1.70. The molecule has 0 saturated heterocycles. The summed E-state index contributed by atoms with van der Waals surface area (Å²) in [5.41, 5.74) is 4.90. The molecule has 0 unspecified atom stereocenters. The number of aromatic nitrogens is 4. The molecule has 1 amide bonds. The molecule has 4 aromatic rings. The number of fused-ring (bicyclic) bond motifs is 1. The summed E-state index contributed by atoms with van der Waals surface area (Å²) in [5.74, 6) is -0.184. The molecule has 3 heterocycles. The van der Waals surface area contributed by atoms with E-state index in [0.29, 0.717) is 27.6 Å². The van der Waals surface area contributed by atoms with Crippen LogP contribution >= 0.6 is 11.3 Å². The number of thiazole rings is 1. The van der Waals surface area contributed by atoms with E-state index in [1.165, 1.54) is 15.7 Å². The molecule has 0 bridgehead atoms. The Bertz CT molecular complexity index is 1260. The Hall–Kier alpha value is -3.26. The fraction of sp³-hybridized carbons (Fsp3) is 0.238. The van der Waals surface area contributed by atoms with Gasteiger partial charge in [0.1, 0.15) is 0 Å². The van der Waals surface area contributed by atoms with E-state index >= 15 is 0 Å². The van der Waals surface area contributed by atoms with Gasteiger partial charge in [-0.25, -0.2) is 4.98 Å². The van der Waals surface area contributed by atoms with E-state index in [1.807, 2.05) is 63.5 Å². The topological polar surface area (TPSA) is 81.3 Å². The van der Waals surface area contributed by atoms with E-state index in [1.54, 1.807) is 4.68 Å². The highest BCUT2D eigenvalue weighted by Crippen LogP contribution is 2.22. The molecule has 4 rings (SSSR count). The molecule has 0 fully saturated rings. The summed E-state index contributed by atoms with van der Waals surface area (Å²) in [6.45, 7) is 5.73. The second-order valence-corrected chi connectivity index (χ2v) is 7.94. The number of carbonyl (C=O) groups excluding carboxylic acids is 1. The first-order valence-corrected chi connectivity index (χ1v) is 10.1. The predicted octanol–water partition coefficient (Wildman–Crippen LogP) is 3.26. The van der Waals surface area contributed by atoms with Crippen LogP contribution < -0.4 is 10.9 Å². The zero-order valence-corrected chi connectivity index (χ0v) is 17.5. The van der Waals surface area contributed by atoms with Gasteiger partial charge in [-0.05, 0) is 39.0 Å². The molecule has 7 nitrogen and oxygen atoms in total. The SMILES string of the molecule is Cc1ccc(NC(=O)Cc2csc3nc(C)c(-c4cc(C)n(C)n4)c(=O)n23)cc1. The van der Waals surface area contributed by atoms with E-state index < -0.39 is 0 Å². The van der Waals surface area contributed by atoms with Crippen molar-refractivity contribution in [1.82, 2.24) is 19.2 Å². The monoisotopic (exact) mass is 407 g/mol. The van der Waals surface area contributed by atoms with Crippen molar-refractivity contribution in [2.75, 3.05) is 5.32 Å². The van der Waals surface area contributed by atoms with Crippen LogP contribution in [0.2, 0.25) is 0 Å². The molecular formula is C21H21N5O2S. The Kier molecular flexibility index (Phi) is 4.79. The van der Waals surface area contributed by atoms with Crippen molar-refractivity contribution in [2.24, 2.45) is 7.05 Å². The van der Waals surface area contributed by atoms with Crippen LogP contribution in [0.5, 0.6) is 0 Å². The highest BCUT2D eigenvalue weighted by molar-refractivity contribution is 7.15. The minimum absolute atomic E-state index is 0.0825. The number of nitrogens with zero attached hydrogens (tertiary/aromatic N) is 4. The summed E-state index contributed by atoms with van der Waals surface area (Å²) in [5, 5.41) is 9.12. The van der Waals surface area contributed by atoms with E-state index in [-0.39, 0.29) is 17.9 Å². The molecule has 0 atom stereocenters. The van der Waals surface area contributed by atoms with Gasteiger partial charge in [-0.3, -0.25) is 18.7 Å². The van der Waals surface area contributed by atoms with Gasteiger partial charge in [0.05, 0.1) is 23.4 Å². The number of hydrogen-bond donors (Lipinski definition) is 1. The van der Waals surface area contributed by atoms with Gasteiger partial charge in [-0.1, -0.05) is 17.7 Å². The van der Waals surface area contributed by atoms with Crippen LogP contribution in [0.1, 0.15) is 22.6 Å². The molecule has 3 aromatic heterocycles. The molecule has 29 heavy (non-hydrogen) atoms. The number of nitrogens with one attached hydrogen (secondary N) is 1. The van der Waals surface area contributed by atoms with Gasteiger partial charge in [0, 0.05) is 29.5 Å². The highest BCUT2D eigenvalue weighted by atomic mass is 32.1. The van der Waals surface area contributed by atoms with Crippen molar-refractivity contribution in [3.05, 3.63) is 68.7 Å². The zero-order valence-electron chi connectivity index (χ0n) is 16.7. The number of hydrogen-bond acceptors (Lipinski definition) is 5. The average Bonchev–Trinajstić information content (AvgIpc) is 3.20. The van der Waals surface area contributed by atoms with Crippen molar-refractivity contribution in [2.45, 2.75) is 27.2 Å². The van der Waals surface area contributed by atoms with E-state index in [9.17, 15) is 9.59 Å². The normalized spacial score (nSPS) is 11.2. The third kappa shape index (κ3) is 3.58. The van der Waals surface area contributed by atoms with E-state index in [2.05, 4.69) is 15.4 Å². The van der Waals surface area contributed by atoms with Crippen LogP contribution in [0.4, 0.5) is 5.69 Å². The second kappa shape index (κ2) is 7.29. The standard InChI is InChI=1S/C21H21N5O2S/c1-12-5-7-15(8-6-12)23-18(27)10-16-11-29-21-22-14(3)19(20(28)26(16)21)17-9-13(2)25(4)24-17/h5-9,11H,10H2,1-4H3,(H,23,27). The van der Waals surface area contributed by atoms with Crippen molar-refractivity contribution >= 4 is 27.9 Å². The first-order valence-electron chi connectivity index (χ1n) is 9.21. The third-order valence-corrected chi connectivity index (χ3v) is 5.74. The molecule has 0 spiro atoms. The lowest BCUT2D eigenvalue weighted by molar-refractivity contribution is -0.115. The summed E-state index contributed by atoms with van der Waals surface area (Å²) in [6.07, 6.45) is 0.0825. The molecule has 0 saturated carbocycles. The van der Waals surface area contributed by atoms with Gasteiger partial charge < -0.3 is 5.32 Å². The molecule has 1 N–H and O–H groups in total. The Morgan fingerprint density at radius 1 is 1.17 bits per heavy atom. The Morgan fingerprint density at radius 2 is 1.90 bits per heavy atom. The number of anilines is 1. The molecule has 1 aromatic carbocycles. The molecular weight excluding hydrogens is 386 g/mol. The lowest BCUT2D eigenvalue weighted by atomic mass is 10.1. The Labute approximate surface area is 171 Å². The summed E-state index contributed by atoms with van der Waals surface area (Å²) in [6, 6.07) is 9.46. The van der Waals surface area contributed by atoms with Crippen LogP contribution in [-0.2, 0) is 18.3 Å². The quantitative estimate of drug-likeness (QED) is 0.563. The minimum Gasteiger partial charge on any atom is -0.326 e. The average molecular weight is 407 g/mol. The van der Waals surface area contributed by atoms with Gasteiger partial charge >= 0.3 is 0 Å². The number of benzene rings is 1. The molecule has 0 aliphatic rings. The fourth-order valence-corrected chi connectivity index (χ4v) is 4.14. The minimum atomic E-state index is -0.204. The van der Waals surface area contributed by atoms with E-state index in [4.69, 9.17) is 0 Å². The van der Waals surface area contributed by atoms with Gasteiger partial charge in [0.25, 0.3) is 5.56 Å². The lowest BCUT2D eigenvalue weighted by Crippen LogP contribution is -2.22. The number of amides is 1. The van der Waals surface area contributed by atoms with E-state index in [0.717, 1.165) is 16.9 Å².